The third-order valence-corrected chi connectivity index (χ3v) is 3.47. The molecule has 0 fully saturated rings. The molecular formula is C16H17ClN2O3. The van der Waals surface area contributed by atoms with Gasteiger partial charge in [-0.15, -0.1) is 0 Å². The number of carbonyl (C=O) groups is 2. The summed E-state index contributed by atoms with van der Waals surface area (Å²) in [5.41, 5.74) is 2.83. The van der Waals surface area contributed by atoms with Crippen molar-refractivity contribution in [1.29, 1.82) is 0 Å². The lowest BCUT2D eigenvalue weighted by Crippen LogP contribution is -2.30. The first-order valence-electron chi connectivity index (χ1n) is 6.80. The summed E-state index contributed by atoms with van der Waals surface area (Å²) in [6.07, 6.45) is 0.549. The molecule has 1 heterocycles. The molecule has 22 heavy (non-hydrogen) atoms. The Bertz CT molecular complexity index is 689. The number of anilines is 1. The van der Waals surface area contributed by atoms with Crippen molar-refractivity contribution in [2.75, 3.05) is 5.32 Å². The van der Waals surface area contributed by atoms with E-state index in [2.05, 4.69) is 10.3 Å². The molecule has 0 aliphatic carbocycles. The number of hydrogen-bond donors (Lipinski definition) is 2. The van der Waals surface area contributed by atoms with Crippen LogP contribution in [-0.2, 0) is 9.53 Å². The van der Waals surface area contributed by atoms with E-state index in [0.717, 1.165) is 16.8 Å². The highest BCUT2D eigenvalue weighted by atomic mass is 35.5. The second kappa shape index (κ2) is 6.66. The Morgan fingerprint density at radius 2 is 1.91 bits per heavy atom. The highest BCUT2D eigenvalue weighted by Gasteiger charge is 2.20. The molecule has 116 valence electrons. The van der Waals surface area contributed by atoms with Crippen LogP contribution in [-0.4, -0.2) is 23.0 Å². The Kier molecular flexibility index (Phi) is 4.88. The molecule has 2 aromatic rings. The van der Waals surface area contributed by atoms with Crippen LogP contribution in [0.5, 0.6) is 0 Å². The summed E-state index contributed by atoms with van der Waals surface area (Å²) in [4.78, 5) is 26.7. The van der Waals surface area contributed by atoms with E-state index in [4.69, 9.17) is 16.3 Å². The van der Waals surface area contributed by atoms with Gasteiger partial charge in [0.2, 0.25) is 0 Å². The number of aromatic nitrogens is 1. The molecule has 1 atom stereocenters. The minimum atomic E-state index is -0.923. The Hall–Kier alpha value is -2.27. The van der Waals surface area contributed by atoms with Gasteiger partial charge in [-0.1, -0.05) is 29.8 Å². The molecule has 6 heteroatoms. The van der Waals surface area contributed by atoms with E-state index in [9.17, 15) is 9.59 Å². The molecular weight excluding hydrogens is 304 g/mol. The second-order valence-corrected chi connectivity index (χ2v) is 5.47. The molecule has 0 spiro atoms. The number of carbonyl (C=O) groups excluding carboxylic acids is 2. The van der Waals surface area contributed by atoms with Gasteiger partial charge in [0.15, 0.2) is 6.10 Å². The lowest BCUT2D eigenvalue weighted by atomic mass is 10.1. The van der Waals surface area contributed by atoms with E-state index in [1.54, 1.807) is 0 Å². The topological polar surface area (TPSA) is 71.2 Å². The molecule has 0 bridgehead atoms. The first-order valence-corrected chi connectivity index (χ1v) is 7.18. The molecule has 0 saturated heterocycles. The van der Waals surface area contributed by atoms with Crippen molar-refractivity contribution >= 4 is 29.2 Å². The van der Waals surface area contributed by atoms with Crippen LogP contribution in [0.2, 0.25) is 5.02 Å². The van der Waals surface area contributed by atoms with E-state index in [-0.39, 0.29) is 11.6 Å². The third-order valence-electron chi connectivity index (χ3n) is 3.25. The SMILES string of the molecule is Cc1cccc(C)c1NC(=O)[C@@H](C)OC(=O)c1cc(Cl)c[nH]1. The third kappa shape index (κ3) is 3.68. The fraction of sp³-hybridized carbons (Fsp3) is 0.250. The molecule has 0 saturated carbocycles. The zero-order chi connectivity index (χ0) is 16.3. The van der Waals surface area contributed by atoms with Gasteiger partial charge >= 0.3 is 5.97 Å². The minimum Gasteiger partial charge on any atom is -0.448 e. The maximum absolute atomic E-state index is 12.2. The summed E-state index contributed by atoms with van der Waals surface area (Å²) in [7, 11) is 0. The Morgan fingerprint density at radius 1 is 1.27 bits per heavy atom. The van der Waals surface area contributed by atoms with E-state index in [0.29, 0.717) is 5.02 Å². The van der Waals surface area contributed by atoms with Crippen LogP contribution in [0.15, 0.2) is 30.5 Å². The number of nitrogens with one attached hydrogen (secondary N) is 2. The number of halogens is 1. The van der Waals surface area contributed by atoms with Gasteiger partial charge in [-0.25, -0.2) is 4.79 Å². The highest BCUT2D eigenvalue weighted by molar-refractivity contribution is 6.30. The fourth-order valence-electron chi connectivity index (χ4n) is 2.00. The molecule has 2 N–H and O–H groups in total. The Morgan fingerprint density at radius 3 is 2.45 bits per heavy atom. The monoisotopic (exact) mass is 320 g/mol. The van der Waals surface area contributed by atoms with Crippen LogP contribution in [0.4, 0.5) is 5.69 Å². The van der Waals surface area contributed by atoms with Gasteiger partial charge in [0.25, 0.3) is 5.91 Å². The van der Waals surface area contributed by atoms with Gasteiger partial charge in [0.05, 0.1) is 5.02 Å². The zero-order valence-corrected chi connectivity index (χ0v) is 13.3. The molecule has 1 aromatic heterocycles. The van der Waals surface area contributed by atoms with Crippen LogP contribution in [0.1, 0.15) is 28.5 Å². The van der Waals surface area contributed by atoms with Gasteiger partial charge < -0.3 is 15.0 Å². The van der Waals surface area contributed by atoms with Gasteiger partial charge in [0.1, 0.15) is 5.69 Å². The van der Waals surface area contributed by atoms with Crippen molar-refractivity contribution < 1.29 is 14.3 Å². The highest BCUT2D eigenvalue weighted by Crippen LogP contribution is 2.20. The maximum Gasteiger partial charge on any atom is 0.355 e. The van der Waals surface area contributed by atoms with Crippen molar-refractivity contribution in [3.63, 3.8) is 0 Å². The molecule has 2 rings (SSSR count). The summed E-state index contributed by atoms with van der Waals surface area (Å²) in [5, 5.41) is 3.19. The molecule has 0 unspecified atom stereocenters. The van der Waals surface area contributed by atoms with E-state index in [1.807, 2.05) is 32.0 Å². The molecule has 0 aliphatic rings. The molecule has 1 amide bonds. The van der Waals surface area contributed by atoms with Crippen LogP contribution in [0, 0.1) is 13.8 Å². The predicted molar refractivity (Wildman–Crippen MR) is 85.2 cm³/mol. The lowest BCUT2D eigenvalue weighted by molar-refractivity contribution is -0.123. The van der Waals surface area contributed by atoms with Crippen LogP contribution < -0.4 is 5.32 Å². The van der Waals surface area contributed by atoms with Gasteiger partial charge in [-0.05, 0) is 38.0 Å². The summed E-state index contributed by atoms with van der Waals surface area (Å²) in [5.74, 6) is -1.01. The predicted octanol–water partition coefficient (Wildman–Crippen LogP) is 3.47. The van der Waals surface area contributed by atoms with Crippen molar-refractivity contribution in [2.45, 2.75) is 26.9 Å². The van der Waals surface area contributed by atoms with Gasteiger partial charge in [0, 0.05) is 11.9 Å². The number of hydrogen-bond acceptors (Lipinski definition) is 3. The summed E-state index contributed by atoms with van der Waals surface area (Å²) >= 11 is 5.73. The maximum atomic E-state index is 12.2. The summed E-state index contributed by atoms with van der Waals surface area (Å²) in [6.45, 7) is 5.33. The summed E-state index contributed by atoms with van der Waals surface area (Å²) < 4.78 is 5.12. The number of H-pyrrole nitrogens is 1. The van der Waals surface area contributed by atoms with Crippen molar-refractivity contribution in [3.8, 4) is 0 Å². The van der Waals surface area contributed by atoms with Crippen molar-refractivity contribution in [1.82, 2.24) is 4.98 Å². The van der Waals surface area contributed by atoms with Gasteiger partial charge in [-0.3, -0.25) is 4.79 Å². The summed E-state index contributed by atoms with van der Waals surface area (Å²) in [6, 6.07) is 7.17. The number of amides is 1. The van der Waals surface area contributed by atoms with E-state index >= 15 is 0 Å². The molecule has 0 radical (unpaired) electrons. The standard InChI is InChI=1S/C16H17ClN2O3/c1-9-5-4-6-10(2)14(9)19-15(20)11(3)22-16(21)13-7-12(17)8-18-13/h4-8,11,18H,1-3H3,(H,19,20)/t11-/m1/s1. The number of ether oxygens (including phenoxy) is 1. The zero-order valence-electron chi connectivity index (χ0n) is 12.6. The molecule has 0 aliphatic heterocycles. The van der Waals surface area contributed by atoms with Gasteiger partial charge in [-0.2, -0.15) is 0 Å². The van der Waals surface area contributed by atoms with Crippen LogP contribution in [0.3, 0.4) is 0 Å². The average molecular weight is 321 g/mol. The number of aromatic amines is 1. The Labute approximate surface area is 133 Å². The quantitative estimate of drug-likeness (QED) is 0.847. The molecule has 1 aromatic carbocycles. The average Bonchev–Trinajstić information content (AvgIpc) is 2.89. The van der Waals surface area contributed by atoms with Crippen molar-refractivity contribution in [3.05, 3.63) is 52.3 Å². The minimum absolute atomic E-state index is 0.205. The number of benzene rings is 1. The van der Waals surface area contributed by atoms with E-state index < -0.39 is 12.1 Å². The normalized spacial score (nSPS) is 11.8. The smallest absolute Gasteiger partial charge is 0.355 e. The van der Waals surface area contributed by atoms with E-state index in [1.165, 1.54) is 19.2 Å². The number of aryl methyl sites for hydroxylation is 2. The Balaban J connectivity index is 2.02. The number of esters is 1. The fourth-order valence-corrected chi connectivity index (χ4v) is 2.16. The molecule has 5 nitrogen and oxygen atoms in total. The second-order valence-electron chi connectivity index (χ2n) is 5.04. The van der Waals surface area contributed by atoms with Crippen LogP contribution in [0.25, 0.3) is 0 Å². The van der Waals surface area contributed by atoms with Crippen molar-refractivity contribution in [2.24, 2.45) is 0 Å². The van der Waals surface area contributed by atoms with Crippen LogP contribution >= 0.6 is 11.6 Å². The largest absolute Gasteiger partial charge is 0.448 e. The first-order chi connectivity index (χ1) is 10.4. The number of para-hydroxylation sites is 1. The number of rotatable bonds is 4. The first kappa shape index (κ1) is 16.1. The lowest BCUT2D eigenvalue weighted by Gasteiger charge is -2.15.